The third-order valence-corrected chi connectivity index (χ3v) is 7.54. The summed E-state index contributed by atoms with van der Waals surface area (Å²) in [5.41, 5.74) is -0.231. The summed E-state index contributed by atoms with van der Waals surface area (Å²) < 4.78 is 38.9. The maximum absolute atomic E-state index is 12.2. The lowest BCUT2D eigenvalue weighted by atomic mass is 9.76. The fraction of sp³-hybridized carbons (Fsp3) is 1.00. The number of nitrogens with one attached hydrogen (secondary N) is 2. The van der Waals surface area contributed by atoms with E-state index < -0.39 is 21.2 Å². The molecule has 0 amide bonds. The first kappa shape index (κ1) is 15.6. The maximum Gasteiger partial charge on any atom is 0.152 e. The summed E-state index contributed by atoms with van der Waals surface area (Å²) in [5, 5.41) is 3.27. The molecule has 0 aromatic heterocycles. The maximum atomic E-state index is 12.2. The summed E-state index contributed by atoms with van der Waals surface area (Å²) in [5.74, 6) is 0.357. The average molecular weight is 308 g/mol. The Hall–Kier alpha value is 0.180. The second-order valence-electron chi connectivity index (χ2n) is 6.72. The molecule has 5 nitrogen and oxygen atoms in total. The van der Waals surface area contributed by atoms with Crippen LogP contribution in [0.5, 0.6) is 0 Å². The van der Waals surface area contributed by atoms with Gasteiger partial charge in [0, 0.05) is 16.8 Å². The minimum atomic E-state index is -3.02. The molecular formula is C12H24N2O3S2. The summed E-state index contributed by atoms with van der Waals surface area (Å²) in [7, 11) is -3.02. The highest BCUT2D eigenvalue weighted by molar-refractivity contribution is 7.92. The van der Waals surface area contributed by atoms with Crippen LogP contribution in [-0.2, 0) is 21.2 Å². The number of rotatable bonds is 2. The smallest absolute Gasteiger partial charge is 0.152 e. The van der Waals surface area contributed by atoms with Crippen LogP contribution < -0.4 is 10.0 Å². The van der Waals surface area contributed by atoms with Crippen LogP contribution >= 0.6 is 0 Å². The summed E-state index contributed by atoms with van der Waals surface area (Å²) in [6, 6.07) is -0.181. The molecule has 0 aliphatic carbocycles. The van der Waals surface area contributed by atoms with Gasteiger partial charge in [-0.2, -0.15) is 0 Å². The molecule has 2 N–H and O–H groups in total. The van der Waals surface area contributed by atoms with Crippen LogP contribution in [0.15, 0.2) is 0 Å². The van der Waals surface area contributed by atoms with Crippen LogP contribution in [0.3, 0.4) is 0 Å². The molecule has 0 aromatic rings. The molecule has 2 heterocycles. The van der Waals surface area contributed by atoms with Gasteiger partial charge in [0.25, 0.3) is 0 Å². The summed E-state index contributed by atoms with van der Waals surface area (Å²) >= 11 is -1.22. The summed E-state index contributed by atoms with van der Waals surface area (Å²) in [4.78, 5) is 0. The Labute approximate surface area is 119 Å². The normalized spacial score (nSPS) is 31.5. The summed E-state index contributed by atoms with van der Waals surface area (Å²) in [6.45, 7) is 7.38. The van der Waals surface area contributed by atoms with Crippen molar-refractivity contribution in [3.63, 3.8) is 0 Å². The Morgan fingerprint density at radius 1 is 1.32 bits per heavy atom. The Morgan fingerprint density at radius 2 is 1.89 bits per heavy atom. The molecule has 2 aliphatic rings. The zero-order chi connectivity index (χ0) is 14.3. The van der Waals surface area contributed by atoms with E-state index in [9.17, 15) is 13.0 Å². The van der Waals surface area contributed by atoms with Crippen LogP contribution in [0, 0.1) is 5.41 Å². The molecule has 7 heteroatoms. The molecular weight excluding hydrogens is 284 g/mol. The van der Waals surface area contributed by atoms with Gasteiger partial charge in [0.05, 0.1) is 17.5 Å². The molecule has 2 saturated heterocycles. The van der Waals surface area contributed by atoms with Gasteiger partial charge >= 0.3 is 0 Å². The minimum Gasteiger partial charge on any atom is -0.598 e. The lowest BCUT2D eigenvalue weighted by molar-refractivity contribution is 0.198. The Bertz CT molecular complexity index is 425. The van der Waals surface area contributed by atoms with Gasteiger partial charge in [0.2, 0.25) is 0 Å². The predicted molar refractivity (Wildman–Crippen MR) is 78.0 cm³/mol. The quantitative estimate of drug-likeness (QED) is 0.713. The van der Waals surface area contributed by atoms with E-state index in [1.807, 2.05) is 20.8 Å². The third kappa shape index (κ3) is 3.44. The van der Waals surface area contributed by atoms with E-state index in [1.165, 1.54) is 0 Å². The lowest BCUT2D eigenvalue weighted by Crippen LogP contribution is -2.54. The van der Waals surface area contributed by atoms with Crippen molar-refractivity contribution in [2.45, 2.75) is 44.4 Å². The number of piperidine rings is 1. The zero-order valence-electron chi connectivity index (χ0n) is 11.9. The molecule has 0 saturated carbocycles. The molecule has 0 aromatic carbocycles. The minimum absolute atomic E-state index is 0.120. The number of sulfone groups is 1. The van der Waals surface area contributed by atoms with Crippen molar-refractivity contribution in [1.29, 1.82) is 0 Å². The van der Waals surface area contributed by atoms with Gasteiger partial charge in [-0.3, -0.25) is 0 Å². The molecule has 2 atom stereocenters. The van der Waals surface area contributed by atoms with Gasteiger partial charge in [-0.25, -0.2) is 8.42 Å². The standard InChI is InChI=1S/C12H24N2O3S2/c1-11(2,3)18(15)14-10-8-19(16,17)9-12(10)4-6-13-7-5-12/h10,13-14H,4-9H2,1-3H3/t10-,18-/m1/s1. The fourth-order valence-corrected chi connectivity index (χ4v) is 6.39. The monoisotopic (exact) mass is 308 g/mol. The van der Waals surface area contributed by atoms with Crippen molar-refractivity contribution >= 4 is 21.2 Å². The summed E-state index contributed by atoms with van der Waals surface area (Å²) in [6.07, 6.45) is 1.68. The van der Waals surface area contributed by atoms with Gasteiger partial charge < -0.3 is 9.87 Å². The Kier molecular flexibility index (Phi) is 4.25. The first-order chi connectivity index (χ1) is 8.65. The van der Waals surface area contributed by atoms with Crippen LogP contribution in [-0.4, -0.2) is 48.4 Å². The molecule has 2 rings (SSSR count). The zero-order valence-corrected chi connectivity index (χ0v) is 13.5. The molecule has 112 valence electrons. The predicted octanol–water partition coefficient (Wildman–Crippen LogP) is 0.205. The van der Waals surface area contributed by atoms with E-state index in [0.29, 0.717) is 0 Å². The molecule has 0 unspecified atom stereocenters. The van der Waals surface area contributed by atoms with E-state index in [-0.39, 0.29) is 27.7 Å². The first-order valence-corrected chi connectivity index (χ1v) is 9.71. The Balaban J connectivity index is 2.17. The largest absolute Gasteiger partial charge is 0.598 e. The highest BCUT2D eigenvalue weighted by Gasteiger charge is 2.52. The van der Waals surface area contributed by atoms with Gasteiger partial charge in [0.1, 0.15) is 4.75 Å². The average Bonchev–Trinajstić information content (AvgIpc) is 2.49. The van der Waals surface area contributed by atoms with Gasteiger partial charge in [0.15, 0.2) is 9.84 Å². The van der Waals surface area contributed by atoms with Crippen molar-refractivity contribution in [3.8, 4) is 0 Å². The molecule has 1 spiro atoms. The van der Waals surface area contributed by atoms with E-state index in [2.05, 4.69) is 10.0 Å². The molecule has 19 heavy (non-hydrogen) atoms. The second-order valence-corrected chi connectivity index (χ2v) is 10.8. The number of hydrogen-bond donors (Lipinski definition) is 2. The fourth-order valence-electron chi connectivity index (χ4n) is 2.91. The van der Waals surface area contributed by atoms with Crippen LogP contribution in [0.25, 0.3) is 0 Å². The van der Waals surface area contributed by atoms with Crippen molar-refractivity contribution in [3.05, 3.63) is 0 Å². The van der Waals surface area contributed by atoms with Crippen molar-refractivity contribution in [2.75, 3.05) is 24.6 Å². The highest BCUT2D eigenvalue weighted by atomic mass is 32.2. The third-order valence-electron chi connectivity index (χ3n) is 4.07. The molecule has 2 aliphatic heterocycles. The highest BCUT2D eigenvalue weighted by Crippen LogP contribution is 2.41. The van der Waals surface area contributed by atoms with E-state index in [0.717, 1.165) is 25.9 Å². The van der Waals surface area contributed by atoms with Crippen LogP contribution in [0.1, 0.15) is 33.6 Å². The van der Waals surface area contributed by atoms with Gasteiger partial charge in [-0.1, -0.05) is 0 Å². The SMILES string of the molecule is CC(C)(C)[S@@+]([O-])N[C@@H]1CS(=O)(=O)CC12CCNCC2. The lowest BCUT2D eigenvalue weighted by Gasteiger charge is -2.39. The van der Waals surface area contributed by atoms with Crippen molar-refractivity contribution < 1.29 is 13.0 Å². The van der Waals surface area contributed by atoms with E-state index in [4.69, 9.17) is 0 Å². The van der Waals surface area contributed by atoms with Crippen LogP contribution in [0.2, 0.25) is 0 Å². The molecule has 0 radical (unpaired) electrons. The van der Waals surface area contributed by atoms with Crippen LogP contribution in [0.4, 0.5) is 0 Å². The molecule has 0 bridgehead atoms. The van der Waals surface area contributed by atoms with Gasteiger partial charge in [-0.15, -0.1) is 4.72 Å². The number of hydrogen-bond acceptors (Lipinski definition) is 5. The van der Waals surface area contributed by atoms with E-state index >= 15 is 0 Å². The van der Waals surface area contributed by atoms with Crippen molar-refractivity contribution in [2.24, 2.45) is 5.41 Å². The first-order valence-electron chi connectivity index (χ1n) is 6.74. The van der Waals surface area contributed by atoms with Crippen molar-refractivity contribution in [1.82, 2.24) is 10.0 Å². The second kappa shape index (κ2) is 5.18. The Morgan fingerprint density at radius 3 is 2.42 bits per heavy atom. The van der Waals surface area contributed by atoms with E-state index in [1.54, 1.807) is 0 Å². The molecule has 2 fully saturated rings. The topological polar surface area (TPSA) is 81.3 Å². The van der Waals surface area contributed by atoms with Gasteiger partial charge in [-0.05, 0) is 46.7 Å².